The van der Waals surface area contributed by atoms with Crippen LogP contribution in [0.4, 0.5) is 17.2 Å². The Hall–Kier alpha value is -1.33. The Bertz CT molecular complexity index is 570. The molecule has 0 aliphatic heterocycles. The zero-order valence-electron chi connectivity index (χ0n) is 11.4. The van der Waals surface area contributed by atoms with Crippen molar-refractivity contribution in [3.05, 3.63) is 40.2 Å². The van der Waals surface area contributed by atoms with E-state index in [4.69, 9.17) is 11.6 Å². The minimum atomic E-state index is 0.391. The summed E-state index contributed by atoms with van der Waals surface area (Å²) in [7, 11) is 0. The number of rotatable bonds is 5. The lowest BCUT2D eigenvalue weighted by atomic mass is 10.2. The van der Waals surface area contributed by atoms with E-state index < -0.39 is 0 Å². The summed E-state index contributed by atoms with van der Waals surface area (Å²) in [4.78, 5) is 10.4. The highest BCUT2D eigenvalue weighted by Gasteiger charge is 2.07. The molecule has 6 heteroatoms. The third-order valence-electron chi connectivity index (χ3n) is 3.01. The summed E-state index contributed by atoms with van der Waals surface area (Å²) in [5.74, 6) is 0.653. The van der Waals surface area contributed by atoms with Crippen molar-refractivity contribution in [1.82, 2.24) is 9.97 Å². The molecule has 0 fully saturated rings. The van der Waals surface area contributed by atoms with Crippen LogP contribution in [0.25, 0.3) is 0 Å². The largest absolute Gasteiger partial charge is 0.372 e. The summed E-state index contributed by atoms with van der Waals surface area (Å²) in [6.45, 7) is 6.29. The third kappa shape index (κ3) is 3.41. The summed E-state index contributed by atoms with van der Waals surface area (Å²) in [5.41, 5.74) is 2.16. The van der Waals surface area contributed by atoms with E-state index in [1.54, 1.807) is 0 Å². The molecule has 0 amide bonds. The molecule has 1 heterocycles. The SMILES string of the molecule is CCN(CC)c1ccc(Nc2ncnc(Cl)c2Br)cc1. The first-order valence-corrected chi connectivity index (χ1v) is 7.60. The van der Waals surface area contributed by atoms with Gasteiger partial charge in [-0.25, -0.2) is 9.97 Å². The highest BCUT2D eigenvalue weighted by atomic mass is 79.9. The molecule has 0 saturated carbocycles. The number of anilines is 3. The van der Waals surface area contributed by atoms with E-state index >= 15 is 0 Å². The summed E-state index contributed by atoms with van der Waals surface area (Å²) in [6.07, 6.45) is 1.43. The standard InChI is InChI=1S/C14H16BrClN4/c1-3-20(4-2)11-7-5-10(6-8-11)19-14-12(15)13(16)17-9-18-14/h5-9H,3-4H2,1-2H3,(H,17,18,19). The van der Waals surface area contributed by atoms with Crippen molar-refractivity contribution in [3.63, 3.8) is 0 Å². The van der Waals surface area contributed by atoms with Crippen molar-refractivity contribution in [1.29, 1.82) is 0 Å². The molecule has 1 aromatic carbocycles. The molecular formula is C14H16BrClN4. The van der Waals surface area contributed by atoms with Gasteiger partial charge in [0.05, 0.1) is 4.47 Å². The Kier molecular flexibility index (Phi) is 5.20. The monoisotopic (exact) mass is 354 g/mol. The van der Waals surface area contributed by atoms with E-state index in [0.29, 0.717) is 15.4 Å². The molecule has 0 spiro atoms. The molecule has 106 valence electrons. The van der Waals surface area contributed by atoms with Gasteiger partial charge in [-0.15, -0.1) is 0 Å². The highest BCUT2D eigenvalue weighted by molar-refractivity contribution is 9.10. The van der Waals surface area contributed by atoms with E-state index in [-0.39, 0.29) is 0 Å². The van der Waals surface area contributed by atoms with E-state index in [1.165, 1.54) is 12.0 Å². The van der Waals surface area contributed by atoms with Crippen LogP contribution in [0.3, 0.4) is 0 Å². The van der Waals surface area contributed by atoms with Crippen LogP contribution in [0, 0.1) is 0 Å². The number of nitrogens with zero attached hydrogens (tertiary/aromatic N) is 3. The molecule has 20 heavy (non-hydrogen) atoms. The maximum Gasteiger partial charge on any atom is 0.149 e. The molecule has 4 nitrogen and oxygen atoms in total. The van der Waals surface area contributed by atoms with Gasteiger partial charge in [0.2, 0.25) is 0 Å². The van der Waals surface area contributed by atoms with Crippen molar-refractivity contribution in [3.8, 4) is 0 Å². The maximum atomic E-state index is 5.94. The van der Waals surface area contributed by atoms with Gasteiger partial charge in [0.1, 0.15) is 17.3 Å². The average Bonchev–Trinajstić information content (AvgIpc) is 2.47. The Morgan fingerprint density at radius 2 is 1.80 bits per heavy atom. The number of aromatic nitrogens is 2. The highest BCUT2D eigenvalue weighted by Crippen LogP contribution is 2.29. The second-order valence-corrected chi connectivity index (χ2v) is 5.32. The molecule has 0 saturated heterocycles. The zero-order valence-corrected chi connectivity index (χ0v) is 13.7. The molecule has 2 aromatic rings. The summed E-state index contributed by atoms with van der Waals surface area (Å²) < 4.78 is 0.662. The van der Waals surface area contributed by atoms with E-state index in [1.807, 2.05) is 12.1 Å². The van der Waals surface area contributed by atoms with Crippen LogP contribution < -0.4 is 10.2 Å². The van der Waals surface area contributed by atoms with Crippen molar-refractivity contribution in [2.24, 2.45) is 0 Å². The Labute approximate surface area is 132 Å². The molecule has 1 aromatic heterocycles. The maximum absolute atomic E-state index is 5.94. The second kappa shape index (κ2) is 6.90. The number of nitrogens with one attached hydrogen (secondary N) is 1. The minimum absolute atomic E-state index is 0.391. The number of benzene rings is 1. The van der Waals surface area contributed by atoms with Crippen molar-refractivity contribution in [2.75, 3.05) is 23.3 Å². The third-order valence-corrected chi connectivity index (χ3v) is 4.27. The number of halogens is 2. The molecule has 0 radical (unpaired) electrons. The lowest BCUT2D eigenvalue weighted by Gasteiger charge is -2.21. The molecule has 1 N–H and O–H groups in total. The van der Waals surface area contributed by atoms with Gasteiger partial charge in [-0.1, -0.05) is 11.6 Å². The van der Waals surface area contributed by atoms with Gasteiger partial charge in [0, 0.05) is 24.5 Å². The average molecular weight is 356 g/mol. The van der Waals surface area contributed by atoms with Gasteiger partial charge in [-0.2, -0.15) is 0 Å². The topological polar surface area (TPSA) is 41.0 Å². The van der Waals surface area contributed by atoms with E-state index in [9.17, 15) is 0 Å². The first-order valence-electron chi connectivity index (χ1n) is 6.43. The fraction of sp³-hybridized carbons (Fsp3) is 0.286. The predicted molar refractivity (Wildman–Crippen MR) is 88.0 cm³/mol. The first-order chi connectivity index (χ1) is 9.65. The zero-order chi connectivity index (χ0) is 14.5. The van der Waals surface area contributed by atoms with Crippen LogP contribution in [-0.4, -0.2) is 23.1 Å². The quantitative estimate of drug-likeness (QED) is 0.803. The lowest BCUT2D eigenvalue weighted by Crippen LogP contribution is -2.21. The van der Waals surface area contributed by atoms with Crippen LogP contribution >= 0.6 is 27.5 Å². The van der Waals surface area contributed by atoms with Crippen molar-refractivity contribution in [2.45, 2.75) is 13.8 Å². The molecule has 2 rings (SSSR count). The van der Waals surface area contributed by atoms with Crippen molar-refractivity contribution < 1.29 is 0 Å². The normalized spacial score (nSPS) is 10.4. The summed E-state index contributed by atoms with van der Waals surface area (Å²) in [5, 5.41) is 3.61. The summed E-state index contributed by atoms with van der Waals surface area (Å²) in [6, 6.07) is 8.23. The minimum Gasteiger partial charge on any atom is -0.372 e. The van der Waals surface area contributed by atoms with Gasteiger partial charge in [-0.05, 0) is 54.0 Å². The van der Waals surface area contributed by atoms with Crippen molar-refractivity contribution >= 4 is 44.7 Å². The molecule has 0 bridgehead atoms. The fourth-order valence-electron chi connectivity index (χ4n) is 1.92. The van der Waals surface area contributed by atoms with Crippen LogP contribution in [-0.2, 0) is 0 Å². The lowest BCUT2D eigenvalue weighted by molar-refractivity contribution is 0.866. The molecular weight excluding hydrogens is 340 g/mol. The van der Waals surface area contributed by atoms with Gasteiger partial charge in [-0.3, -0.25) is 0 Å². The van der Waals surface area contributed by atoms with Gasteiger partial charge in [0.25, 0.3) is 0 Å². The summed E-state index contributed by atoms with van der Waals surface area (Å²) >= 11 is 9.31. The number of hydrogen-bond donors (Lipinski definition) is 1. The first kappa shape index (κ1) is 15.1. The predicted octanol–water partition coefficient (Wildman–Crippen LogP) is 4.48. The van der Waals surface area contributed by atoms with E-state index in [0.717, 1.165) is 18.8 Å². The fourth-order valence-corrected chi connectivity index (χ4v) is 2.35. The van der Waals surface area contributed by atoms with Crippen LogP contribution in [0.2, 0.25) is 5.15 Å². The van der Waals surface area contributed by atoms with Crippen LogP contribution in [0.1, 0.15) is 13.8 Å². The smallest absolute Gasteiger partial charge is 0.149 e. The Balaban J connectivity index is 2.17. The Morgan fingerprint density at radius 3 is 2.40 bits per heavy atom. The van der Waals surface area contributed by atoms with Gasteiger partial charge in [0.15, 0.2) is 0 Å². The molecule has 0 aliphatic rings. The molecule has 0 unspecified atom stereocenters. The number of hydrogen-bond acceptors (Lipinski definition) is 4. The van der Waals surface area contributed by atoms with E-state index in [2.05, 4.69) is 62.1 Å². The van der Waals surface area contributed by atoms with Gasteiger partial charge < -0.3 is 10.2 Å². The van der Waals surface area contributed by atoms with Crippen LogP contribution in [0.15, 0.2) is 35.1 Å². The molecule has 0 aliphatic carbocycles. The Morgan fingerprint density at radius 1 is 1.15 bits per heavy atom. The second-order valence-electron chi connectivity index (χ2n) is 4.17. The molecule has 0 atom stereocenters. The van der Waals surface area contributed by atoms with Crippen LogP contribution in [0.5, 0.6) is 0 Å². The van der Waals surface area contributed by atoms with Gasteiger partial charge >= 0.3 is 0 Å².